The summed E-state index contributed by atoms with van der Waals surface area (Å²) in [6.07, 6.45) is 1.64. The van der Waals surface area contributed by atoms with Crippen molar-refractivity contribution in [2.45, 2.75) is 13.0 Å². The van der Waals surface area contributed by atoms with Crippen molar-refractivity contribution in [1.82, 2.24) is 0 Å². The number of aromatic carboxylic acids is 1. The predicted octanol–water partition coefficient (Wildman–Crippen LogP) is 2.22. The molecule has 0 saturated carbocycles. The van der Waals surface area contributed by atoms with Crippen molar-refractivity contribution in [3.8, 4) is 0 Å². The van der Waals surface area contributed by atoms with Gasteiger partial charge in [0, 0.05) is 34.5 Å². The second kappa shape index (κ2) is 6.02. The molecule has 1 rings (SSSR count). The second-order valence-electron chi connectivity index (χ2n) is 3.79. The maximum atomic E-state index is 11.0. The van der Waals surface area contributed by atoms with Gasteiger partial charge in [-0.2, -0.15) is 0 Å². The van der Waals surface area contributed by atoms with E-state index in [1.807, 2.05) is 6.92 Å². The molecule has 4 nitrogen and oxygen atoms in total. The molecule has 0 spiro atoms. The molecule has 0 heterocycles. The van der Waals surface area contributed by atoms with Crippen molar-refractivity contribution in [2.75, 3.05) is 17.3 Å². The van der Waals surface area contributed by atoms with Gasteiger partial charge in [0.2, 0.25) is 0 Å². The molecule has 6 heteroatoms. The minimum atomic E-state index is -1.05. The highest BCUT2D eigenvalue weighted by molar-refractivity contribution is 7.84. The van der Waals surface area contributed by atoms with E-state index >= 15 is 0 Å². The zero-order chi connectivity index (χ0) is 13.0. The molecule has 17 heavy (non-hydrogen) atoms. The fourth-order valence-corrected chi connectivity index (χ4v) is 2.51. The largest absolute Gasteiger partial charge is 0.478 e. The van der Waals surface area contributed by atoms with Crippen molar-refractivity contribution in [1.29, 1.82) is 0 Å². The van der Waals surface area contributed by atoms with Crippen LogP contribution in [0.4, 0.5) is 5.69 Å². The lowest BCUT2D eigenvalue weighted by Crippen LogP contribution is -2.22. The van der Waals surface area contributed by atoms with E-state index in [9.17, 15) is 9.00 Å². The molecule has 0 aromatic heterocycles. The smallest absolute Gasteiger partial charge is 0.337 e. The summed E-state index contributed by atoms with van der Waals surface area (Å²) >= 11 is 5.83. The quantitative estimate of drug-likeness (QED) is 0.865. The van der Waals surface area contributed by atoms with E-state index in [0.29, 0.717) is 5.75 Å². The van der Waals surface area contributed by atoms with Gasteiger partial charge in [-0.25, -0.2) is 4.79 Å². The maximum Gasteiger partial charge on any atom is 0.337 e. The fourth-order valence-electron chi connectivity index (χ4n) is 1.46. The van der Waals surface area contributed by atoms with Crippen LogP contribution in [0.25, 0.3) is 0 Å². The molecule has 0 radical (unpaired) electrons. The Bertz CT molecular complexity index is 450. The van der Waals surface area contributed by atoms with Crippen LogP contribution in [0.2, 0.25) is 5.02 Å². The van der Waals surface area contributed by atoms with Crippen molar-refractivity contribution >= 4 is 34.1 Å². The van der Waals surface area contributed by atoms with Crippen LogP contribution in [-0.4, -0.2) is 33.3 Å². The lowest BCUT2D eigenvalue weighted by atomic mass is 10.2. The first-order chi connectivity index (χ1) is 7.90. The van der Waals surface area contributed by atoms with Gasteiger partial charge >= 0.3 is 5.97 Å². The lowest BCUT2D eigenvalue weighted by molar-refractivity contribution is 0.0697. The van der Waals surface area contributed by atoms with Gasteiger partial charge in [0.1, 0.15) is 0 Å². The molecule has 0 bridgehead atoms. The summed E-state index contributed by atoms with van der Waals surface area (Å²) in [5.41, 5.74) is 0.793. The number of hydrogen-bond acceptors (Lipinski definition) is 3. The Kier molecular flexibility index (Phi) is 4.96. The minimum absolute atomic E-state index is 0.0348. The molecular weight excluding hydrogens is 262 g/mol. The molecule has 0 fully saturated rings. The van der Waals surface area contributed by atoms with Crippen LogP contribution in [0.5, 0.6) is 0 Å². The SMILES string of the molecule is CC(CS(C)=O)Nc1ccc(C(=O)O)c(Cl)c1. The van der Waals surface area contributed by atoms with Gasteiger partial charge in [-0.05, 0) is 25.1 Å². The van der Waals surface area contributed by atoms with E-state index in [2.05, 4.69) is 5.32 Å². The van der Waals surface area contributed by atoms with E-state index in [0.717, 1.165) is 5.69 Å². The van der Waals surface area contributed by atoms with Gasteiger partial charge < -0.3 is 10.4 Å². The van der Waals surface area contributed by atoms with E-state index in [1.54, 1.807) is 18.4 Å². The first-order valence-corrected chi connectivity index (χ1v) is 7.10. The van der Waals surface area contributed by atoms with Crippen LogP contribution in [0.1, 0.15) is 17.3 Å². The van der Waals surface area contributed by atoms with Gasteiger partial charge in [0.05, 0.1) is 10.6 Å². The zero-order valence-electron chi connectivity index (χ0n) is 9.57. The number of nitrogens with one attached hydrogen (secondary N) is 1. The van der Waals surface area contributed by atoms with Gasteiger partial charge in [0.25, 0.3) is 0 Å². The molecule has 2 N–H and O–H groups in total. The summed E-state index contributed by atoms with van der Waals surface area (Å²) in [7, 11) is -0.876. The third kappa shape index (κ3) is 4.36. The van der Waals surface area contributed by atoms with Crippen LogP contribution < -0.4 is 5.32 Å². The summed E-state index contributed by atoms with van der Waals surface area (Å²) in [5.74, 6) is -0.526. The third-order valence-electron chi connectivity index (χ3n) is 2.10. The molecule has 1 aromatic carbocycles. The number of hydrogen-bond donors (Lipinski definition) is 2. The molecule has 1 aromatic rings. The number of carboxylic acids is 1. The Labute approximate surface area is 107 Å². The number of benzene rings is 1. The summed E-state index contributed by atoms with van der Waals surface area (Å²) < 4.78 is 11.0. The highest BCUT2D eigenvalue weighted by atomic mass is 35.5. The topological polar surface area (TPSA) is 66.4 Å². The first-order valence-electron chi connectivity index (χ1n) is 4.99. The van der Waals surface area contributed by atoms with Crippen LogP contribution in [0.15, 0.2) is 18.2 Å². The highest BCUT2D eigenvalue weighted by Crippen LogP contribution is 2.21. The van der Waals surface area contributed by atoms with Crippen LogP contribution in [0, 0.1) is 0 Å². The number of carboxylic acid groups (broad SMARTS) is 1. The summed E-state index contributed by atoms with van der Waals surface area (Å²) in [6, 6.07) is 4.68. The van der Waals surface area contributed by atoms with Gasteiger partial charge in [-0.1, -0.05) is 11.6 Å². The Morgan fingerprint density at radius 1 is 1.59 bits per heavy atom. The Hall–Kier alpha value is -1.07. The van der Waals surface area contributed by atoms with Crippen molar-refractivity contribution in [3.05, 3.63) is 28.8 Å². The number of anilines is 1. The van der Waals surface area contributed by atoms with Crippen molar-refractivity contribution < 1.29 is 14.1 Å². The lowest BCUT2D eigenvalue weighted by Gasteiger charge is -2.14. The molecule has 2 unspecified atom stereocenters. The Morgan fingerprint density at radius 3 is 2.71 bits per heavy atom. The van der Waals surface area contributed by atoms with Crippen molar-refractivity contribution in [2.24, 2.45) is 0 Å². The summed E-state index contributed by atoms with van der Waals surface area (Å²) in [6.45, 7) is 1.90. The van der Waals surface area contributed by atoms with Crippen LogP contribution in [-0.2, 0) is 10.8 Å². The molecule has 2 atom stereocenters. The summed E-state index contributed by atoms with van der Waals surface area (Å²) in [5, 5.41) is 12.1. The molecule has 0 amide bonds. The molecule has 0 aliphatic heterocycles. The van der Waals surface area contributed by atoms with Crippen LogP contribution >= 0.6 is 11.6 Å². The van der Waals surface area contributed by atoms with Crippen molar-refractivity contribution in [3.63, 3.8) is 0 Å². The predicted molar refractivity (Wildman–Crippen MR) is 70.4 cm³/mol. The second-order valence-corrected chi connectivity index (χ2v) is 5.67. The normalized spacial score (nSPS) is 14.1. The molecule has 0 aliphatic rings. The Balaban J connectivity index is 2.77. The number of carbonyl (C=O) groups is 1. The fraction of sp³-hybridized carbons (Fsp3) is 0.364. The highest BCUT2D eigenvalue weighted by Gasteiger charge is 2.10. The average Bonchev–Trinajstić information content (AvgIpc) is 2.15. The average molecular weight is 276 g/mol. The van der Waals surface area contributed by atoms with E-state index in [1.165, 1.54) is 6.07 Å². The maximum absolute atomic E-state index is 11.0. The number of halogens is 1. The Morgan fingerprint density at radius 2 is 2.24 bits per heavy atom. The van der Waals surface area contributed by atoms with E-state index in [4.69, 9.17) is 16.7 Å². The third-order valence-corrected chi connectivity index (χ3v) is 3.38. The molecule has 0 aliphatic carbocycles. The van der Waals surface area contributed by atoms with Gasteiger partial charge in [-0.15, -0.1) is 0 Å². The molecular formula is C11H14ClNO3S. The standard InChI is InChI=1S/C11H14ClNO3S/c1-7(6-17(2)16)13-8-3-4-9(11(14)15)10(12)5-8/h3-5,7,13H,6H2,1-2H3,(H,14,15). The van der Waals surface area contributed by atoms with E-state index < -0.39 is 16.8 Å². The minimum Gasteiger partial charge on any atom is -0.478 e. The first kappa shape index (κ1) is 14.0. The van der Waals surface area contributed by atoms with Crippen LogP contribution in [0.3, 0.4) is 0 Å². The van der Waals surface area contributed by atoms with Gasteiger partial charge in [-0.3, -0.25) is 4.21 Å². The summed E-state index contributed by atoms with van der Waals surface area (Å²) in [4.78, 5) is 10.8. The molecule has 94 valence electrons. The monoisotopic (exact) mass is 275 g/mol. The zero-order valence-corrected chi connectivity index (χ0v) is 11.1. The number of rotatable bonds is 5. The van der Waals surface area contributed by atoms with E-state index in [-0.39, 0.29) is 16.6 Å². The van der Waals surface area contributed by atoms with Gasteiger partial charge in [0.15, 0.2) is 0 Å². The molecule has 0 saturated heterocycles.